The summed E-state index contributed by atoms with van der Waals surface area (Å²) in [5.41, 5.74) is 1.55. The third-order valence-corrected chi connectivity index (χ3v) is 3.58. The summed E-state index contributed by atoms with van der Waals surface area (Å²) < 4.78 is 39.4. The SMILES string of the molecule is FC(F)(F)c1ccncc1C1NCCc2ccccc21. The predicted octanol–water partition coefficient (Wildman–Crippen LogP) is 3.34. The van der Waals surface area contributed by atoms with Gasteiger partial charge >= 0.3 is 6.18 Å². The molecule has 0 aliphatic carbocycles. The van der Waals surface area contributed by atoms with Gasteiger partial charge < -0.3 is 5.32 Å². The van der Waals surface area contributed by atoms with Gasteiger partial charge in [0.2, 0.25) is 0 Å². The number of rotatable bonds is 1. The average molecular weight is 278 g/mol. The molecule has 1 aromatic heterocycles. The molecule has 0 spiro atoms. The quantitative estimate of drug-likeness (QED) is 0.865. The normalized spacial score (nSPS) is 18.6. The number of fused-ring (bicyclic) bond motifs is 1. The van der Waals surface area contributed by atoms with Crippen molar-refractivity contribution in [2.75, 3.05) is 6.54 Å². The number of aromatic nitrogens is 1. The Morgan fingerprint density at radius 1 is 1.10 bits per heavy atom. The van der Waals surface area contributed by atoms with Gasteiger partial charge in [-0.25, -0.2) is 0 Å². The molecule has 1 unspecified atom stereocenters. The maximum atomic E-state index is 13.1. The van der Waals surface area contributed by atoms with E-state index in [1.165, 1.54) is 12.4 Å². The molecule has 0 amide bonds. The molecule has 20 heavy (non-hydrogen) atoms. The zero-order valence-electron chi connectivity index (χ0n) is 10.6. The van der Waals surface area contributed by atoms with Crippen LogP contribution in [-0.2, 0) is 12.6 Å². The topological polar surface area (TPSA) is 24.9 Å². The number of hydrogen-bond acceptors (Lipinski definition) is 2. The summed E-state index contributed by atoms with van der Waals surface area (Å²) in [4.78, 5) is 3.87. The maximum absolute atomic E-state index is 13.1. The smallest absolute Gasteiger partial charge is 0.306 e. The van der Waals surface area contributed by atoms with E-state index in [-0.39, 0.29) is 5.56 Å². The zero-order chi connectivity index (χ0) is 14.2. The molecule has 1 aliphatic heterocycles. The Balaban J connectivity index is 2.12. The fraction of sp³-hybridized carbons (Fsp3) is 0.267. The predicted molar refractivity (Wildman–Crippen MR) is 69.2 cm³/mol. The highest BCUT2D eigenvalue weighted by Gasteiger charge is 2.36. The summed E-state index contributed by atoms with van der Waals surface area (Å²) in [6.45, 7) is 0.661. The molecule has 0 bridgehead atoms. The maximum Gasteiger partial charge on any atom is 0.416 e. The molecule has 0 radical (unpaired) electrons. The molecule has 0 saturated heterocycles. The number of nitrogens with zero attached hydrogens (tertiary/aromatic N) is 1. The standard InChI is InChI=1S/C15H13F3N2/c16-15(17,18)13-6-7-19-9-12(13)14-11-4-2-1-3-10(11)5-8-20-14/h1-4,6-7,9,14,20H,5,8H2. The molecular weight excluding hydrogens is 265 g/mol. The minimum atomic E-state index is -4.37. The van der Waals surface area contributed by atoms with Gasteiger partial charge in [-0.1, -0.05) is 24.3 Å². The number of alkyl halides is 3. The second kappa shape index (κ2) is 4.90. The van der Waals surface area contributed by atoms with Crippen LogP contribution in [0.2, 0.25) is 0 Å². The first-order valence-corrected chi connectivity index (χ1v) is 6.39. The lowest BCUT2D eigenvalue weighted by Gasteiger charge is -2.28. The molecule has 1 aliphatic rings. The van der Waals surface area contributed by atoms with Crippen LogP contribution in [0.1, 0.15) is 28.3 Å². The zero-order valence-corrected chi connectivity index (χ0v) is 10.6. The number of halogens is 3. The number of nitrogens with one attached hydrogen (secondary N) is 1. The van der Waals surface area contributed by atoms with Gasteiger partial charge in [0.05, 0.1) is 11.6 Å². The van der Waals surface area contributed by atoms with Crippen molar-refractivity contribution < 1.29 is 13.2 Å². The van der Waals surface area contributed by atoms with E-state index in [4.69, 9.17) is 0 Å². The second-order valence-corrected chi connectivity index (χ2v) is 4.80. The minimum absolute atomic E-state index is 0.187. The molecule has 104 valence electrons. The van der Waals surface area contributed by atoms with Crippen molar-refractivity contribution >= 4 is 0 Å². The summed E-state index contributed by atoms with van der Waals surface area (Å²) in [7, 11) is 0. The lowest BCUT2D eigenvalue weighted by atomic mass is 9.88. The van der Waals surface area contributed by atoms with E-state index in [1.54, 1.807) is 0 Å². The van der Waals surface area contributed by atoms with Crippen molar-refractivity contribution in [3.8, 4) is 0 Å². The fourth-order valence-corrected chi connectivity index (χ4v) is 2.68. The lowest BCUT2D eigenvalue weighted by molar-refractivity contribution is -0.138. The molecule has 2 nitrogen and oxygen atoms in total. The van der Waals surface area contributed by atoms with Crippen LogP contribution in [0.15, 0.2) is 42.7 Å². The summed E-state index contributed by atoms with van der Waals surface area (Å²) in [5.74, 6) is 0. The van der Waals surface area contributed by atoms with Crippen LogP contribution >= 0.6 is 0 Å². The van der Waals surface area contributed by atoms with Gasteiger partial charge in [0, 0.05) is 24.5 Å². The van der Waals surface area contributed by atoms with Crippen molar-refractivity contribution in [2.24, 2.45) is 0 Å². The highest BCUT2D eigenvalue weighted by molar-refractivity contribution is 5.42. The van der Waals surface area contributed by atoms with Crippen molar-refractivity contribution in [1.29, 1.82) is 0 Å². The molecule has 2 heterocycles. The summed E-state index contributed by atoms with van der Waals surface area (Å²) in [5, 5.41) is 3.16. The number of benzene rings is 1. The van der Waals surface area contributed by atoms with Crippen LogP contribution in [0, 0.1) is 0 Å². The Morgan fingerprint density at radius 2 is 1.90 bits per heavy atom. The van der Waals surface area contributed by atoms with Crippen LogP contribution in [0.25, 0.3) is 0 Å². The van der Waals surface area contributed by atoms with Crippen LogP contribution < -0.4 is 5.32 Å². The Hall–Kier alpha value is -1.88. The molecule has 5 heteroatoms. The van der Waals surface area contributed by atoms with E-state index in [1.807, 2.05) is 24.3 Å². The summed E-state index contributed by atoms with van der Waals surface area (Å²) in [6.07, 6.45) is -1.05. The summed E-state index contributed by atoms with van der Waals surface area (Å²) >= 11 is 0. The molecule has 2 aromatic rings. The largest absolute Gasteiger partial charge is 0.416 e. The van der Waals surface area contributed by atoms with Crippen LogP contribution in [0.5, 0.6) is 0 Å². The Kier molecular flexibility index (Phi) is 3.22. The van der Waals surface area contributed by atoms with Crippen LogP contribution in [-0.4, -0.2) is 11.5 Å². The van der Waals surface area contributed by atoms with Crippen molar-refractivity contribution in [1.82, 2.24) is 10.3 Å². The highest BCUT2D eigenvalue weighted by atomic mass is 19.4. The van der Waals surface area contributed by atoms with Gasteiger partial charge in [-0.2, -0.15) is 13.2 Å². The van der Waals surface area contributed by atoms with E-state index in [0.29, 0.717) is 6.54 Å². The fourth-order valence-electron chi connectivity index (χ4n) is 2.68. The molecule has 0 saturated carbocycles. The van der Waals surface area contributed by atoms with Crippen molar-refractivity contribution in [3.63, 3.8) is 0 Å². The third kappa shape index (κ3) is 2.29. The second-order valence-electron chi connectivity index (χ2n) is 4.80. The van der Waals surface area contributed by atoms with Gasteiger partial charge in [0.15, 0.2) is 0 Å². The number of hydrogen-bond donors (Lipinski definition) is 1. The van der Waals surface area contributed by atoms with Gasteiger partial charge in [-0.05, 0) is 23.6 Å². The molecule has 3 rings (SSSR count). The van der Waals surface area contributed by atoms with E-state index in [9.17, 15) is 13.2 Å². The lowest BCUT2D eigenvalue weighted by Crippen LogP contribution is -2.32. The van der Waals surface area contributed by atoms with Gasteiger partial charge in [-0.3, -0.25) is 4.98 Å². The Bertz CT molecular complexity index is 623. The summed E-state index contributed by atoms with van der Waals surface area (Å²) in [6, 6.07) is 8.18. The average Bonchev–Trinajstić information content (AvgIpc) is 2.46. The van der Waals surface area contributed by atoms with Crippen LogP contribution in [0.3, 0.4) is 0 Å². The molecule has 0 fully saturated rings. The first-order valence-electron chi connectivity index (χ1n) is 6.39. The molecule has 1 aromatic carbocycles. The third-order valence-electron chi connectivity index (χ3n) is 3.58. The Labute approximate surface area is 114 Å². The molecule has 1 N–H and O–H groups in total. The molecular formula is C15H13F3N2. The van der Waals surface area contributed by atoms with E-state index in [0.717, 1.165) is 23.6 Å². The van der Waals surface area contributed by atoms with Crippen LogP contribution in [0.4, 0.5) is 13.2 Å². The van der Waals surface area contributed by atoms with Crippen molar-refractivity contribution in [3.05, 3.63) is 65.0 Å². The van der Waals surface area contributed by atoms with Gasteiger partial charge in [0.1, 0.15) is 0 Å². The van der Waals surface area contributed by atoms with E-state index < -0.39 is 17.8 Å². The molecule has 1 atom stereocenters. The highest BCUT2D eigenvalue weighted by Crippen LogP contribution is 2.37. The minimum Gasteiger partial charge on any atom is -0.306 e. The van der Waals surface area contributed by atoms with Gasteiger partial charge in [0.25, 0.3) is 0 Å². The van der Waals surface area contributed by atoms with Crippen molar-refractivity contribution in [2.45, 2.75) is 18.6 Å². The van der Waals surface area contributed by atoms with E-state index in [2.05, 4.69) is 10.3 Å². The first kappa shape index (κ1) is 13.1. The monoisotopic (exact) mass is 278 g/mol. The van der Waals surface area contributed by atoms with E-state index >= 15 is 0 Å². The first-order chi connectivity index (χ1) is 9.57. The number of pyridine rings is 1. The Morgan fingerprint density at radius 3 is 2.70 bits per heavy atom. The van der Waals surface area contributed by atoms with Gasteiger partial charge in [-0.15, -0.1) is 0 Å².